The van der Waals surface area contributed by atoms with Gasteiger partial charge in [0.2, 0.25) is 0 Å². The topological polar surface area (TPSA) is 107 Å². The number of rotatable bonds is 5. The number of aryl methyl sites for hydroxylation is 1. The van der Waals surface area contributed by atoms with Crippen molar-refractivity contribution in [1.82, 2.24) is 15.1 Å². The highest BCUT2D eigenvalue weighted by atomic mass is 35.5. The van der Waals surface area contributed by atoms with E-state index in [1.807, 2.05) is 13.0 Å². The van der Waals surface area contributed by atoms with Gasteiger partial charge in [-0.15, -0.1) is 0 Å². The van der Waals surface area contributed by atoms with E-state index in [0.717, 1.165) is 11.1 Å². The summed E-state index contributed by atoms with van der Waals surface area (Å²) < 4.78 is 37.7. The third-order valence-corrected chi connectivity index (χ3v) is 6.09. The molecule has 0 unspecified atom stereocenters. The molecule has 2 aromatic heterocycles. The van der Waals surface area contributed by atoms with Crippen LogP contribution in [0.1, 0.15) is 5.56 Å². The van der Waals surface area contributed by atoms with Gasteiger partial charge in [0.15, 0.2) is 5.82 Å². The summed E-state index contributed by atoms with van der Waals surface area (Å²) in [5.41, 5.74) is 2.68. The largest absolute Gasteiger partial charge is 0.496 e. The minimum Gasteiger partial charge on any atom is -0.496 e. The van der Waals surface area contributed by atoms with Gasteiger partial charge in [-0.05, 0) is 42.8 Å². The van der Waals surface area contributed by atoms with Crippen molar-refractivity contribution < 1.29 is 17.7 Å². The number of nitrogens with one attached hydrogen (secondary N) is 1. The van der Waals surface area contributed by atoms with Crippen LogP contribution in [-0.2, 0) is 10.0 Å². The summed E-state index contributed by atoms with van der Waals surface area (Å²) in [5, 5.41) is 4.82. The molecule has 0 radical (unpaired) electrons. The van der Waals surface area contributed by atoms with Gasteiger partial charge in [-0.1, -0.05) is 16.8 Å². The zero-order valence-electron chi connectivity index (χ0n) is 15.4. The van der Waals surface area contributed by atoms with Crippen molar-refractivity contribution >= 4 is 38.3 Å². The number of benzene rings is 2. The second-order valence-electron chi connectivity index (χ2n) is 6.19. The summed E-state index contributed by atoms with van der Waals surface area (Å²) in [4.78, 5) is 8.66. The van der Waals surface area contributed by atoms with Gasteiger partial charge < -0.3 is 9.26 Å². The van der Waals surface area contributed by atoms with Crippen LogP contribution in [-0.4, -0.2) is 30.7 Å². The van der Waals surface area contributed by atoms with E-state index in [2.05, 4.69) is 24.4 Å². The number of nitrogens with zero attached hydrogens (tertiary/aromatic N) is 3. The van der Waals surface area contributed by atoms with Crippen LogP contribution in [0, 0.1) is 6.92 Å². The molecule has 0 aliphatic carbocycles. The molecule has 0 bridgehead atoms. The standard InChI is InChI=1S/C19H15ClN4O4S/c1-11-7-14(17(27-2)9-15(11)20)19-13-4-3-12(8-16(13)21-10-22-19)29(25,26)24-18-5-6-28-23-18/h3-10H,1-2H3,(H,23,24). The van der Waals surface area contributed by atoms with Gasteiger partial charge in [0.1, 0.15) is 18.3 Å². The lowest BCUT2D eigenvalue weighted by molar-refractivity contribution is 0.416. The van der Waals surface area contributed by atoms with Crippen molar-refractivity contribution in [2.75, 3.05) is 11.8 Å². The summed E-state index contributed by atoms with van der Waals surface area (Å²) in [6.07, 6.45) is 2.65. The lowest BCUT2D eigenvalue weighted by Gasteiger charge is -2.13. The van der Waals surface area contributed by atoms with Crippen LogP contribution in [0.25, 0.3) is 22.2 Å². The monoisotopic (exact) mass is 430 g/mol. The molecule has 0 saturated carbocycles. The van der Waals surface area contributed by atoms with Crippen LogP contribution in [0.5, 0.6) is 5.75 Å². The molecule has 0 amide bonds. The molecule has 148 valence electrons. The second kappa shape index (κ2) is 7.34. The molecule has 4 aromatic rings. The lowest BCUT2D eigenvalue weighted by atomic mass is 10.0. The Kier molecular flexibility index (Phi) is 4.85. The number of sulfonamides is 1. The first kappa shape index (κ1) is 19.2. The number of hydrogen-bond donors (Lipinski definition) is 1. The number of hydrogen-bond acceptors (Lipinski definition) is 7. The first-order valence-corrected chi connectivity index (χ1v) is 10.3. The molecule has 0 aliphatic rings. The first-order valence-electron chi connectivity index (χ1n) is 8.41. The normalized spacial score (nSPS) is 11.6. The molecule has 29 heavy (non-hydrogen) atoms. The Labute approximate surface area is 171 Å². The van der Waals surface area contributed by atoms with E-state index >= 15 is 0 Å². The van der Waals surface area contributed by atoms with E-state index in [9.17, 15) is 8.42 Å². The van der Waals surface area contributed by atoms with E-state index in [1.165, 1.54) is 30.8 Å². The van der Waals surface area contributed by atoms with Gasteiger partial charge in [0.25, 0.3) is 10.0 Å². The van der Waals surface area contributed by atoms with Crippen molar-refractivity contribution in [3.63, 3.8) is 0 Å². The molecule has 0 spiro atoms. The Balaban J connectivity index is 1.83. The molecule has 0 aliphatic heterocycles. The molecule has 1 N–H and O–H groups in total. The summed E-state index contributed by atoms with van der Waals surface area (Å²) >= 11 is 6.20. The molecule has 0 atom stereocenters. The minimum absolute atomic E-state index is 0.0388. The van der Waals surface area contributed by atoms with Crippen molar-refractivity contribution in [2.45, 2.75) is 11.8 Å². The lowest BCUT2D eigenvalue weighted by Crippen LogP contribution is -2.13. The zero-order chi connectivity index (χ0) is 20.6. The highest BCUT2D eigenvalue weighted by Gasteiger charge is 2.19. The average molecular weight is 431 g/mol. The summed E-state index contributed by atoms with van der Waals surface area (Å²) in [5.74, 6) is 0.653. The smallest absolute Gasteiger partial charge is 0.263 e. The van der Waals surface area contributed by atoms with Crippen molar-refractivity contribution in [3.05, 3.63) is 59.6 Å². The highest BCUT2D eigenvalue weighted by Crippen LogP contribution is 2.36. The third kappa shape index (κ3) is 3.62. The van der Waals surface area contributed by atoms with Gasteiger partial charge >= 0.3 is 0 Å². The molecule has 2 heterocycles. The molecule has 10 heteroatoms. The Hall–Kier alpha value is -3.17. The van der Waals surface area contributed by atoms with Crippen molar-refractivity contribution in [2.24, 2.45) is 0 Å². The number of aromatic nitrogens is 3. The van der Waals surface area contributed by atoms with Crippen LogP contribution in [0.3, 0.4) is 0 Å². The average Bonchev–Trinajstić information content (AvgIpc) is 3.21. The number of ether oxygens (including phenoxy) is 1. The van der Waals surface area contributed by atoms with E-state index in [0.29, 0.717) is 27.4 Å². The van der Waals surface area contributed by atoms with Gasteiger partial charge in [0, 0.05) is 22.0 Å². The molecular formula is C19H15ClN4O4S. The number of fused-ring (bicyclic) bond motifs is 1. The second-order valence-corrected chi connectivity index (χ2v) is 8.28. The maximum absolute atomic E-state index is 12.6. The Morgan fingerprint density at radius 1 is 1.14 bits per heavy atom. The molecule has 8 nitrogen and oxygen atoms in total. The van der Waals surface area contributed by atoms with Crippen LogP contribution in [0.15, 0.2) is 58.4 Å². The Morgan fingerprint density at radius 2 is 1.97 bits per heavy atom. The van der Waals surface area contributed by atoms with Crippen molar-refractivity contribution in [1.29, 1.82) is 0 Å². The predicted octanol–water partition coefficient (Wildman–Crippen LogP) is 4.06. The van der Waals surface area contributed by atoms with Crippen LogP contribution in [0.4, 0.5) is 5.82 Å². The predicted molar refractivity (Wildman–Crippen MR) is 109 cm³/mol. The number of methoxy groups -OCH3 is 1. The van der Waals surface area contributed by atoms with Crippen LogP contribution in [0.2, 0.25) is 5.02 Å². The van der Waals surface area contributed by atoms with E-state index in [4.69, 9.17) is 16.3 Å². The quantitative estimate of drug-likeness (QED) is 0.508. The fraction of sp³-hybridized carbons (Fsp3) is 0.105. The maximum atomic E-state index is 12.6. The number of halogens is 1. The molecule has 2 aromatic carbocycles. The molecule has 0 saturated heterocycles. The first-order chi connectivity index (χ1) is 13.9. The SMILES string of the molecule is COc1cc(Cl)c(C)cc1-c1ncnc2cc(S(=O)(=O)Nc3ccon3)ccc12. The fourth-order valence-corrected chi connectivity index (χ4v) is 4.06. The Morgan fingerprint density at radius 3 is 2.69 bits per heavy atom. The van der Waals surface area contributed by atoms with Crippen molar-refractivity contribution in [3.8, 4) is 17.0 Å². The van der Waals surface area contributed by atoms with Crippen LogP contribution < -0.4 is 9.46 Å². The Bertz CT molecular complexity index is 1310. The number of anilines is 1. The van der Waals surface area contributed by atoms with Gasteiger partial charge in [-0.25, -0.2) is 18.4 Å². The van der Waals surface area contributed by atoms with Crippen LogP contribution >= 0.6 is 11.6 Å². The maximum Gasteiger partial charge on any atom is 0.263 e. The zero-order valence-corrected chi connectivity index (χ0v) is 17.0. The van der Waals surface area contributed by atoms with E-state index in [1.54, 1.807) is 19.2 Å². The minimum atomic E-state index is -3.85. The van der Waals surface area contributed by atoms with Gasteiger partial charge in [-0.3, -0.25) is 4.72 Å². The molecular weight excluding hydrogens is 416 g/mol. The fourth-order valence-electron chi connectivity index (χ4n) is 2.90. The van der Waals surface area contributed by atoms with E-state index < -0.39 is 10.0 Å². The summed E-state index contributed by atoms with van der Waals surface area (Å²) in [7, 11) is -2.30. The van der Waals surface area contributed by atoms with E-state index in [-0.39, 0.29) is 10.7 Å². The molecule has 4 rings (SSSR count). The van der Waals surface area contributed by atoms with Gasteiger partial charge in [-0.2, -0.15) is 0 Å². The third-order valence-electron chi connectivity index (χ3n) is 4.33. The summed E-state index contributed by atoms with van der Waals surface area (Å²) in [6.45, 7) is 1.88. The van der Waals surface area contributed by atoms with Gasteiger partial charge in [0.05, 0.1) is 23.2 Å². The molecule has 0 fully saturated rings. The highest BCUT2D eigenvalue weighted by molar-refractivity contribution is 7.92. The summed E-state index contributed by atoms with van der Waals surface area (Å²) in [6, 6.07) is 9.62.